The summed E-state index contributed by atoms with van der Waals surface area (Å²) >= 11 is 0. The van der Waals surface area contributed by atoms with Gasteiger partial charge in [0, 0.05) is 24.8 Å². The Kier molecular flexibility index (Phi) is 1.87. The molecule has 1 N–H and O–H groups in total. The van der Waals surface area contributed by atoms with Gasteiger partial charge in [0.2, 0.25) is 5.91 Å². The average Bonchev–Trinajstić information content (AvgIpc) is 2.04. The maximum Gasteiger partial charge on any atom is 0.220 e. The molecule has 1 saturated carbocycles. The monoisotopic (exact) mass is 167 g/mol. The second kappa shape index (κ2) is 2.88. The van der Waals surface area contributed by atoms with Gasteiger partial charge in [0.1, 0.15) is 5.78 Å². The molecule has 66 valence electrons. The molecule has 2 atom stereocenters. The van der Waals surface area contributed by atoms with E-state index in [1.54, 1.807) is 0 Å². The summed E-state index contributed by atoms with van der Waals surface area (Å²) in [6, 6.07) is 0.160. The molecule has 1 heterocycles. The van der Waals surface area contributed by atoms with Gasteiger partial charge in [-0.05, 0) is 19.3 Å². The Morgan fingerprint density at radius 3 is 2.83 bits per heavy atom. The normalized spacial score (nSPS) is 35.7. The van der Waals surface area contributed by atoms with Crippen LogP contribution in [0.15, 0.2) is 0 Å². The summed E-state index contributed by atoms with van der Waals surface area (Å²) in [4.78, 5) is 22.4. The van der Waals surface area contributed by atoms with Gasteiger partial charge in [-0.1, -0.05) is 0 Å². The van der Waals surface area contributed by atoms with Gasteiger partial charge < -0.3 is 5.32 Å². The van der Waals surface area contributed by atoms with E-state index in [2.05, 4.69) is 5.32 Å². The number of fused-ring (bicyclic) bond motifs is 1. The zero-order valence-corrected chi connectivity index (χ0v) is 7.01. The third kappa shape index (κ3) is 1.24. The number of ketones is 1. The highest BCUT2D eigenvalue weighted by atomic mass is 16.2. The van der Waals surface area contributed by atoms with Crippen LogP contribution in [0.1, 0.15) is 32.1 Å². The summed E-state index contributed by atoms with van der Waals surface area (Å²) in [5.74, 6) is 0.605. The molecule has 2 rings (SSSR count). The molecule has 0 aromatic rings. The van der Waals surface area contributed by atoms with Crippen LogP contribution in [0, 0.1) is 5.92 Å². The molecule has 1 aliphatic carbocycles. The first-order chi connectivity index (χ1) is 5.77. The van der Waals surface area contributed by atoms with E-state index < -0.39 is 0 Å². The molecule has 1 amide bonds. The van der Waals surface area contributed by atoms with Gasteiger partial charge in [0.25, 0.3) is 0 Å². The van der Waals surface area contributed by atoms with E-state index in [0.29, 0.717) is 12.2 Å². The van der Waals surface area contributed by atoms with E-state index in [9.17, 15) is 9.59 Å². The van der Waals surface area contributed by atoms with Crippen molar-refractivity contribution in [3.05, 3.63) is 0 Å². The smallest absolute Gasteiger partial charge is 0.220 e. The molecule has 2 fully saturated rings. The van der Waals surface area contributed by atoms with Crippen molar-refractivity contribution in [3.63, 3.8) is 0 Å². The zero-order chi connectivity index (χ0) is 8.55. The maximum atomic E-state index is 11.4. The molecule has 0 bridgehead atoms. The maximum absolute atomic E-state index is 11.4. The second-order valence-corrected chi connectivity index (χ2v) is 3.68. The number of hydrogen-bond donors (Lipinski definition) is 1. The first-order valence-corrected chi connectivity index (χ1v) is 4.59. The minimum absolute atomic E-state index is 0.117. The van der Waals surface area contributed by atoms with E-state index in [-0.39, 0.29) is 17.9 Å². The lowest BCUT2D eigenvalue weighted by Gasteiger charge is -2.34. The average molecular weight is 167 g/mol. The molecule has 2 aliphatic rings. The van der Waals surface area contributed by atoms with Crippen molar-refractivity contribution in [2.45, 2.75) is 38.1 Å². The first-order valence-electron chi connectivity index (χ1n) is 4.59. The molecular formula is C9H13NO2. The van der Waals surface area contributed by atoms with Crippen molar-refractivity contribution < 1.29 is 9.59 Å². The van der Waals surface area contributed by atoms with Crippen molar-refractivity contribution in [1.29, 1.82) is 0 Å². The van der Waals surface area contributed by atoms with Gasteiger partial charge in [-0.3, -0.25) is 9.59 Å². The molecule has 1 aliphatic heterocycles. The van der Waals surface area contributed by atoms with Gasteiger partial charge in [0.05, 0.1) is 0 Å². The number of nitrogens with one attached hydrogen (secondary N) is 1. The third-order valence-corrected chi connectivity index (χ3v) is 2.87. The molecule has 3 heteroatoms. The first kappa shape index (κ1) is 7.77. The lowest BCUT2D eigenvalue weighted by Crippen LogP contribution is -2.49. The molecule has 0 aromatic carbocycles. The zero-order valence-electron chi connectivity index (χ0n) is 7.01. The molecule has 12 heavy (non-hydrogen) atoms. The Morgan fingerprint density at radius 2 is 2.00 bits per heavy atom. The van der Waals surface area contributed by atoms with Gasteiger partial charge in [-0.2, -0.15) is 0 Å². The van der Waals surface area contributed by atoms with Crippen LogP contribution >= 0.6 is 0 Å². The Morgan fingerprint density at radius 1 is 1.17 bits per heavy atom. The number of amides is 1. The van der Waals surface area contributed by atoms with Crippen LogP contribution in [0.4, 0.5) is 0 Å². The molecular weight excluding hydrogens is 154 g/mol. The standard InChI is InChI=1S/C9H13NO2/c11-8-3-1-2-7-6(8)4-5-9(12)10-7/h6-7H,1-5H2,(H,10,12)/t6-,7-/m1/s1. The van der Waals surface area contributed by atoms with Crippen molar-refractivity contribution in [3.8, 4) is 0 Å². The Balaban J connectivity index is 2.09. The predicted octanol–water partition coefficient (Wildman–Crippen LogP) is 0.634. The number of Topliss-reactive ketones (excluding diaryl/α,β-unsaturated/α-hetero) is 1. The van der Waals surface area contributed by atoms with Gasteiger partial charge in [-0.15, -0.1) is 0 Å². The van der Waals surface area contributed by atoms with Crippen molar-refractivity contribution >= 4 is 11.7 Å². The molecule has 0 unspecified atom stereocenters. The number of rotatable bonds is 0. The largest absolute Gasteiger partial charge is 0.353 e. The SMILES string of the molecule is O=C1CC[C@H]2C(=O)CCC[C@H]2N1. The van der Waals surface area contributed by atoms with Crippen molar-refractivity contribution in [2.75, 3.05) is 0 Å². The molecule has 0 radical (unpaired) electrons. The van der Waals surface area contributed by atoms with Gasteiger partial charge in [0.15, 0.2) is 0 Å². The Bertz CT molecular complexity index is 225. The second-order valence-electron chi connectivity index (χ2n) is 3.68. The lowest BCUT2D eigenvalue weighted by atomic mass is 9.78. The highest BCUT2D eigenvalue weighted by Crippen LogP contribution is 2.27. The minimum Gasteiger partial charge on any atom is -0.353 e. The van der Waals surface area contributed by atoms with Crippen LogP contribution in [0.3, 0.4) is 0 Å². The third-order valence-electron chi connectivity index (χ3n) is 2.87. The van der Waals surface area contributed by atoms with E-state index in [4.69, 9.17) is 0 Å². The number of piperidine rings is 1. The predicted molar refractivity (Wildman–Crippen MR) is 43.5 cm³/mol. The van der Waals surface area contributed by atoms with Crippen LogP contribution in [0.25, 0.3) is 0 Å². The summed E-state index contributed by atoms with van der Waals surface area (Å²) in [6.45, 7) is 0. The van der Waals surface area contributed by atoms with Crippen LogP contribution < -0.4 is 5.32 Å². The van der Waals surface area contributed by atoms with E-state index in [1.165, 1.54) is 0 Å². The van der Waals surface area contributed by atoms with Crippen molar-refractivity contribution in [1.82, 2.24) is 5.32 Å². The van der Waals surface area contributed by atoms with Gasteiger partial charge in [-0.25, -0.2) is 0 Å². The fraction of sp³-hybridized carbons (Fsp3) is 0.778. The summed E-state index contributed by atoms with van der Waals surface area (Å²) in [6.07, 6.45) is 3.96. The minimum atomic E-state index is 0.117. The van der Waals surface area contributed by atoms with Crippen LogP contribution in [0.2, 0.25) is 0 Å². The fourth-order valence-corrected chi connectivity index (χ4v) is 2.21. The van der Waals surface area contributed by atoms with Crippen LogP contribution in [0.5, 0.6) is 0 Å². The number of hydrogen-bond acceptors (Lipinski definition) is 2. The Hall–Kier alpha value is -0.860. The van der Waals surface area contributed by atoms with Gasteiger partial charge >= 0.3 is 0 Å². The molecule has 0 spiro atoms. The number of carbonyl (C=O) groups excluding carboxylic acids is 2. The topological polar surface area (TPSA) is 46.2 Å². The van der Waals surface area contributed by atoms with Crippen LogP contribution in [-0.2, 0) is 9.59 Å². The van der Waals surface area contributed by atoms with E-state index >= 15 is 0 Å². The van der Waals surface area contributed by atoms with Crippen LogP contribution in [-0.4, -0.2) is 17.7 Å². The fourth-order valence-electron chi connectivity index (χ4n) is 2.21. The highest BCUT2D eigenvalue weighted by Gasteiger charge is 2.35. The summed E-state index contributed by atoms with van der Waals surface area (Å²) < 4.78 is 0. The van der Waals surface area contributed by atoms with E-state index in [1.807, 2.05) is 0 Å². The molecule has 1 saturated heterocycles. The summed E-state index contributed by atoms with van der Waals surface area (Å²) in [5, 5.41) is 2.89. The quantitative estimate of drug-likeness (QED) is 0.575. The highest BCUT2D eigenvalue weighted by molar-refractivity contribution is 5.86. The number of carbonyl (C=O) groups is 2. The van der Waals surface area contributed by atoms with E-state index in [0.717, 1.165) is 25.7 Å². The molecule has 3 nitrogen and oxygen atoms in total. The van der Waals surface area contributed by atoms with Crippen molar-refractivity contribution in [2.24, 2.45) is 5.92 Å². The summed E-state index contributed by atoms with van der Waals surface area (Å²) in [5.41, 5.74) is 0. The lowest BCUT2D eigenvalue weighted by molar-refractivity contribution is -0.131. The Labute approximate surface area is 71.5 Å². The summed E-state index contributed by atoms with van der Waals surface area (Å²) in [7, 11) is 0. The molecule has 0 aromatic heterocycles.